The highest BCUT2D eigenvalue weighted by atomic mass is 32.1. The molecule has 0 saturated carbocycles. The van der Waals surface area contributed by atoms with Gasteiger partial charge in [-0.05, 0) is 25.7 Å². The van der Waals surface area contributed by atoms with Crippen LogP contribution in [0.5, 0.6) is 0 Å². The second-order valence-electron chi connectivity index (χ2n) is 6.75. The summed E-state index contributed by atoms with van der Waals surface area (Å²) in [6.45, 7) is 11.7. The van der Waals surface area contributed by atoms with E-state index in [9.17, 15) is 0 Å². The number of hydrogen-bond acceptors (Lipinski definition) is 5. The Balaban J connectivity index is 2.01. The number of anilines is 1. The first-order valence-corrected chi connectivity index (χ1v) is 8.40. The lowest BCUT2D eigenvalue weighted by Gasteiger charge is -2.40. The smallest absolute Gasteiger partial charge is 0.202 e. The number of nitrogens with zero attached hydrogens (tertiary/aromatic N) is 2. The lowest BCUT2D eigenvalue weighted by molar-refractivity contribution is -0.0864. The molecule has 1 fully saturated rings. The van der Waals surface area contributed by atoms with Gasteiger partial charge >= 0.3 is 0 Å². The topological polar surface area (TPSA) is 47.0 Å². The van der Waals surface area contributed by atoms with Gasteiger partial charge in [0, 0.05) is 29.6 Å². The zero-order valence-corrected chi connectivity index (χ0v) is 14.1. The van der Waals surface area contributed by atoms with Crippen LogP contribution < -0.4 is 5.32 Å². The van der Waals surface area contributed by atoms with Crippen LogP contribution in [0.2, 0.25) is 0 Å². The van der Waals surface area contributed by atoms with E-state index in [1.165, 1.54) is 11.5 Å². The van der Waals surface area contributed by atoms with Crippen molar-refractivity contribution in [2.75, 3.05) is 11.9 Å². The van der Waals surface area contributed by atoms with Crippen molar-refractivity contribution in [3.05, 3.63) is 5.82 Å². The summed E-state index contributed by atoms with van der Waals surface area (Å²) in [5.74, 6) is 0.925. The minimum Gasteiger partial charge on any atom is -0.375 e. The number of aromatic nitrogens is 2. The zero-order valence-electron chi connectivity index (χ0n) is 13.3. The van der Waals surface area contributed by atoms with Crippen LogP contribution in [0.4, 0.5) is 5.13 Å². The van der Waals surface area contributed by atoms with Crippen LogP contribution in [0, 0.1) is 0 Å². The maximum Gasteiger partial charge on any atom is 0.202 e. The van der Waals surface area contributed by atoms with Gasteiger partial charge in [-0.1, -0.05) is 34.6 Å². The van der Waals surface area contributed by atoms with Crippen molar-refractivity contribution in [2.24, 2.45) is 0 Å². The van der Waals surface area contributed by atoms with Crippen molar-refractivity contribution < 1.29 is 4.74 Å². The maximum atomic E-state index is 6.02. The van der Waals surface area contributed by atoms with Gasteiger partial charge in [-0.3, -0.25) is 0 Å². The molecule has 0 bridgehead atoms. The summed E-state index contributed by atoms with van der Waals surface area (Å²) < 4.78 is 10.5. The predicted molar refractivity (Wildman–Crippen MR) is 84.5 cm³/mol. The van der Waals surface area contributed by atoms with Gasteiger partial charge in [-0.25, -0.2) is 4.98 Å². The van der Waals surface area contributed by atoms with Crippen LogP contribution >= 0.6 is 11.5 Å². The van der Waals surface area contributed by atoms with Gasteiger partial charge in [0.15, 0.2) is 0 Å². The molecule has 1 atom stereocenters. The molecule has 20 heavy (non-hydrogen) atoms. The fourth-order valence-corrected chi connectivity index (χ4v) is 3.49. The van der Waals surface area contributed by atoms with Gasteiger partial charge in [-0.15, -0.1) is 0 Å². The first-order chi connectivity index (χ1) is 9.38. The van der Waals surface area contributed by atoms with Crippen molar-refractivity contribution in [1.82, 2.24) is 9.36 Å². The zero-order chi connectivity index (χ0) is 14.8. The fourth-order valence-electron chi connectivity index (χ4n) is 2.66. The monoisotopic (exact) mass is 297 g/mol. The van der Waals surface area contributed by atoms with E-state index in [1.807, 2.05) is 0 Å². The largest absolute Gasteiger partial charge is 0.375 e. The number of rotatable bonds is 4. The quantitative estimate of drug-likeness (QED) is 0.913. The molecule has 1 saturated heterocycles. The first-order valence-electron chi connectivity index (χ1n) is 7.63. The number of ether oxygens (including phenoxy) is 1. The average Bonchev–Trinajstić information content (AvgIpc) is 2.87. The third kappa shape index (κ3) is 3.50. The summed E-state index contributed by atoms with van der Waals surface area (Å²) in [5.41, 5.74) is 0.0656. The molecule has 1 aromatic rings. The van der Waals surface area contributed by atoms with E-state index in [0.717, 1.165) is 43.2 Å². The Labute approximate surface area is 126 Å². The van der Waals surface area contributed by atoms with Crippen molar-refractivity contribution in [3.8, 4) is 0 Å². The standard InChI is InChI=1S/C15H27N3OS/c1-6-15(7-2)10-11(8-9-19-15)16-13-17-12(18-20-13)14(3,4)5/h11H,6-10H2,1-5H3,(H,16,17,18). The second kappa shape index (κ2) is 5.98. The van der Waals surface area contributed by atoms with Gasteiger partial charge in [0.25, 0.3) is 0 Å². The van der Waals surface area contributed by atoms with E-state index in [2.05, 4.69) is 49.3 Å². The van der Waals surface area contributed by atoms with Gasteiger partial charge in [0.2, 0.25) is 5.13 Å². The first kappa shape index (κ1) is 15.7. The Hall–Kier alpha value is -0.680. The Kier molecular flexibility index (Phi) is 4.69. The highest BCUT2D eigenvalue weighted by molar-refractivity contribution is 7.09. The molecular formula is C15H27N3OS. The highest BCUT2D eigenvalue weighted by Crippen LogP contribution is 2.33. The predicted octanol–water partition coefficient (Wildman–Crippen LogP) is 3.99. The molecule has 4 nitrogen and oxygen atoms in total. The molecule has 2 heterocycles. The van der Waals surface area contributed by atoms with Crippen LogP contribution in [-0.4, -0.2) is 27.6 Å². The molecule has 1 N–H and O–H groups in total. The molecular weight excluding hydrogens is 270 g/mol. The van der Waals surface area contributed by atoms with Crippen molar-refractivity contribution >= 4 is 16.7 Å². The summed E-state index contributed by atoms with van der Waals surface area (Å²) in [4.78, 5) is 4.63. The summed E-state index contributed by atoms with van der Waals surface area (Å²) >= 11 is 1.47. The molecule has 1 aliphatic heterocycles. The minimum atomic E-state index is 0.0166. The van der Waals surface area contributed by atoms with Crippen LogP contribution in [-0.2, 0) is 10.2 Å². The molecule has 1 aliphatic rings. The lowest BCUT2D eigenvalue weighted by atomic mass is 9.86. The van der Waals surface area contributed by atoms with E-state index in [0.29, 0.717) is 6.04 Å². The normalized spacial score (nSPS) is 22.8. The van der Waals surface area contributed by atoms with Gasteiger partial charge in [0.05, 0.1) is 5.60 Å². The molecule has 2 rings (SSSR count). The van der Waals surface area contributed by atoms with Crippen LogP contribution in [0.3, 0.4) is 0 Å². The van der Waals surface area contributed by atoms with Gasteiger partial charge in [-0.2, -0.15) is 4.37 Å². The van der Waals surface area contributed by atoms with E-state index < -0.39 is 0 Å². The number of hydrogen-bond donors (Lipinski definition) is 1. The summed E-state index contributed by atoms with van der Waals surface area (Å²) in [5, 5.41) is 4.51. The minimum absolute atomic E-state index is 0.0166. The molecule has 114 valence electrons. The average molecular weight is 297 g/mol. The van der Waals surface area contributed by atoms with Gasteiger partial charge < -0.3 is 10.1 Å². The summed E-state index contributed by atoms with van der Waals surface area (Å²) in [7, 11) is 0. The number of nitrogens with one attached hydrogen (secondary N) is 1. The molecule has 1 unspecified atom stereocenters. The van der Waals surface area contributed by atoms with Crippen LogP contribution in [0.1, 0.15) is 66.1 Å². The SMILES string of the molecule is CCC1(CC)CC(Nc2nc(C(C)(C)C)ns2)CCO1. The van der Waals surface area contributed by atoms with E-state index in [-0.39, 0.29) is 11.0 Å². The second-order valence-corrected chi connectivity index (χ2v) is 7.50. The third-order valence-electron chi connectivity index (χ3n) is 4.21. The molecule has 1 aromatic heterocycles. The fraction of sp³-hybridized carbons (Fsp3) is 0.867. The molecule has 0 aromatic carbocycles. The summed E-state index contributed by atoms with van der Waals surface area (Å²) in [6.07, 6.45) is 4.26. The van der Waals surface area contributed by atoms with Crippen molar-refractivity contribution in [1.29, 1.82) is 0 Å². The van der Waals surface area contributed by atoms with Gasteiger partial charge in [0.1, 0.15) is 5.82 Å². The Morgan fingerprint density at radius 1 is 1.35 bits per heavy atom. The highest BCUT2D eigenvalue weighted by Gasteiger charge is 2.34. The molecule has 0 radical (unpaired) electrons. The lowest BCUT2D eigenvalue weighted by Crippen LogP contribution is -2.43. The summed E-state index contributed by atoms with van der Waals surface area (Å²) in [6, 6.07) is 0.449. The third-order valence-corrected chi connectivity index (χ3v) is 4.85. The molecule has 0 spiro atoms. The van der Waals surface area contributed by atoms with Crippen LogP contribution in [0.25, 0.3) is 0 Å². The Morgan fingerprint density at radius 3 is 2.60 bits per heavy atom. The molecule has 0 aliphatic carbocycles. The Bertz CT molecular complexity index is 435. The van der Waals surface area contributed by atoms with Crippen molar-refractivity contribution in [2.45, 2.75) is 77.4 Å². The van der Waals surface area contributed by atoms with E-state index in [1.54, 1.807) is 0 Å². The van der Waals surface area contributed by atoms with Crippen molar-refractivity contribution in [3.63, 3.8) is 0 Å². The Morgan fingerprint density at radius 2 is 2.05 bits per heavy atom. The van der Waals surface area contributed by atoms with Crippen LogP contribution in [0.15, 0.2) is 0 Å². The molecule has 5 heteroatoms. The maximum absolute atomic E-state index is 6.02. The van der Waals surface area contributed by atoms with E-state index in [4.69, 9.17) is 4.74 Å². The molecule has 0 amide bonds. The van der Waals surface area contributed by atoms with E-state index >= 15 is 0 Å².